The van der Waals surface area contributed by atoms with Gasteiger partial charge in [-0.25, -0.2) is 4.57 Å². The van der Waals surface area contributed by atoms with Crippen LogP contribution in [0.3, 0.4) is 0 Å². The molecule has 0 spiro atoms. The zero-order valence-electron chi connectivity index (χ0n) is 39.4. The number of phosphoric ester groups is 1. The Morgan fingerprint density at radius 1 is 0.532 bits per heavy atom. The van der Waals surface area contributed by atoms with Crippen molar-refractivity contribution in [2.45, 2.75) is 287 Å². The molecule has 0 heterocycles. The molecule has 0 aromatic heterocycles. The number of nitrogens with one attached hydrogen (secondary N) is 1. The van der Waals surface area contributed by atoms with Crippen LogP contribution in [0.2, 0.25) is 0 Å². The average molecular weight is 906 g/mol. The molecule has 0 saturated heterocycles. The number of hydrogen-bond acceptors (Lipinski definition) is 10. The first-order chi connectivity index (χ1) is 29.9. The van der Waals surface area contributed by atoms with Gasteiger partial charge >= 0.3 is 7.82 Å². The predicted octanol–water partition coefficient (Wildman–Crippen LogP) is 10.4. The molecule has 13 heteroatoms. The van der Waals surface area contributed by atoms with Crippen LogP contribution in [0, 0.1) is 0 Å². The van der Waals surface area contributed by atoms with Gasteiger partial charge in [-0.15, -0.1) is 0 Å². The molecule has 1 fully saturated rings. The lowest BCUT2D eigenvalue weighted by atomic mass is 9.85. The van der Waals surface area contributed by atoms with Crippen LogP contribution in [0.15, 0.2) is 12.2 Å². The van der Waals surface area contributed by atoms with E-state index in [2.05, 4.69) is 19.2 Å². The highest BCUT2D eigenvalue weighted by atomic mass is 31.2. The number of rotatable bonds is 43. The highest BCUT2D eigenvalue weighted by molar-refractivity contribution is 7.47. The first-order valence-electron chi connectivity index (χ1n) is 25.6. The molecule has 1 rings (SSSR count). The van der Waals surface area contributed by atoms with Crippen molar-refractivity contribution in [1.29, 1.82) is 0 Å². The lowest BCUT2D eigenvalue weighted by Gasteiger charge is -2.41. The number of carbonyl (C=O) groups excluding carboxylic acids is 1. The minimum atomic E-state index is -5.08. The van der Waals surface area contributed by atoms with Gasteiger partial charge in [-0.3, -0.25) is 13.8 Å². The van der Waals surface area contributed by atoms with E-state index >= 15 is 0 Å². The third-order valence-corrected chi connectivity index (χ3v) is 13.6. The summed E-state index contributed by atoms with van der Waals surface area (Å²) in [5, 5.41) is 64.1. The lowest BCUT2D eigenvalue weighted by Crippen LogP contribution is -2.64. The molecular weight excluding hydrogens is 810 g/mol. The number of hydrogen-bond donors (Lipinski definition) is 8. The lowest BCUT2D eigenvalue weighted by molar-refractivity contribution is -0.220. The number of carbonyl (C=O) groups is 1. The molecule has 1 aliphatic rings. The van der Waals surface area contributed by atoms with E-state index in [1.807, 2.05) is 6.08 Å². The SMILES string of the molecule is CCCCCCCCCCCCCCCCC/C=C/[C@@H](O)[C@H](COP(=O)(O)OC1C(O)C(O)C(O)[C@@H](O)C1O)NC(=O)CCCCCCCCCCCCCCCCCCCC. The summed E-state index contributed by atoms with van der Waals surface area (Å²) in [7, 11) is -5.08. The first kappa shape index (κ1) is 59.1. The summed E-state index contributed by atoms with van der Waals surface area (Å²) in [6.45, 7) is 3.87. The van der Waals surface area contributed by atoms with Crippen LogP contribution in [0.25, 0.3) is 0 Å². The molecule has 62 heavy (non-hydrogen) atoms. The van der Waals surface area contributed by atoms with Gasteiger partial charge in [0.15, 0.2) is 0 Å². The van der Waals surface area contributed by atoms with Gasteiger partial charge in [0.2, 0.25) is 5.91 Å². The van der Waals surface area contributed by atoms with Crippen molar-refractivity contribution in [2.75, 3.05) is 6.61 Å². The third-order valence-electron chi connectivity index (χ3n) is 12.6. The quantitative estimate of drug-likeness (QED) is 0.0164. The Kier molecular flexibility index (Phi) is 37.4. The maximum Gasteiger partial charge on any atom is 0.472 e. The Hall–Kier alpha value is -0.920. The number of unbranched alkanes of at least 4 members (excludes halogenated alkanes) is 32. The van der Waals surface area contributed by atoms with E-state index in [1.54, 1.807) is 6.08 Å². The van der Waals surface area contributed by atoms with Crippen LogP contribution in [0.4, 0.5) is 0 Å². The van der Waals surface area contributed by atoms with Crippen LogP contribution in [-0.4, -0.2) is 96.8 Å². The molecular formula is C49H96NO11P. The molecule has 1 saturated carbocycles. The normalized spacial score (nSPS) is 22.5. The molecule has 6 unspecified atom stereocenters. The number of phosphoric acid groups is 1. The highest BCUT2D eigenvalue weighted by Crippen LogP contribution is 2.47. The Balaban J connectivity index is 2.43. The van der Waals surface area contributed by atoms with Crippen LogP contribution in [-0.2, 0) is 18.4 Å². The molecule has 0 aromatic rings. The van der Waals surface area contributed by atoms with Crippen molar-refractivity contribution >= 4 is 13.7 Å². The van der Waals surface area contributed by atoms with Crippen molar-refractivity contribution in [3.05, 3.63) is 12.2 Å². The Morgan fingerprint density at radius 2 is 0.855 bits per heavy atom. The molecule has 0 bridgehead atoms. The number of amides is 1. The summed E-state index contributed by atoms with van der Waals surface area (Å²) in [5.74, 6) is -0.336. The Bertz CT molecular complexity index is 1100. The molecule has 8 N–H and O–H groups in total. The summed E-state index contributed by atoms with van der Waals surface area (Å²) < 4.78 is 23.0. The van der Waals surface area contributed by atoms with E-state index in [-0.39, 0.29) is 12.3 Å². The van der Waals surface area contributed by atoms with E-state index in [4.69, 9.17) is 9.05 Å². The summed E-state index contributed by atoms with van der Waals surface area (Å²) >= 11 is 0. The van der Waals surface area contributed by atoms with Gasteiger partial charge in [0.1, 0.15) is 36.6 Å². The van der Waals surface area contributed by atoms with Crippen molar-refractivity contribution in [3.8, 4) is 0 Å². The minimum absolute atomic E-state index is 0.219. The average Bonchev–Trinajstić information content (AvgIpc) is 3.25. The van der Waals surface area contributed by atoms with E-state index in [0.29, 0.717) is 6.42 Å². The fourth-order valence-corrected chi connectivity index (χ4v) is 9.34. The number of aliphatic hydroxyl groups excluding tert-OH is 6. The van der Waals surface area contributed by atoms with Crippen LogP contribution in [0.5, 0.6) is 0 Å². The second-order valence-electron chi connectivity index (χ2n) is 18.4. The summed E-state index contributed by atoms with van der Waals surface area (Å²) in [4.78, 5) is 23.4. The van der Waals surface area contributed by atoms with Gasteiger partial charge in [-0.2, -0.15) is 0 Å². The maximum absolute atomic E-state index is 13.0. The van der Waals surface area contributed by atoms with Gasteiger partial charge in [-0.1, -0.05) is 225 Å². The van der Waals surface area contributed by atoms with Gasteiger partial charge < -0.3 is 40.8 Å². The van der Waals surface area contributed by atoms with Gasteiger partial charge in [0, 0.05) is 6.42 Å². The Morgan fingerprint density at radius 3 is 1.23 bits per heavy atom. The van der Waals surface area contributed by atoms with Crippen molar-refractivity contribution in [2.24, 2.45) is 0 Å². The summed E-state index contributed by atoms with van der Waals surface area (Å²) in [5.41, 5.74) is 0. The van der Waals surface area contributed by atoms with Gasteiger partial charge in [0.05, 0.1) is 18.8 Å². The molecule has 0 aliphatic heterocycles. The molecule has 9 atom stereocenters. The van der Waals surface area contributed by atoms with E-state index in [1.165, 1.54) is 167 Å². The topological polar surface area (TPSA) is 206 Å². The monoisotopic (exact) mass is 906 g/mol. The van der Waals surface area contributed by atoms with Crippen LogP contribution < -0.4 is 5.32 Å². The smallest absolute Gasteiger partial charge is 0.387 e. The van der Waals surface area contributed by atoms with Gasteiger partial charge in [0.25, 0.3) is 0 Å². The third kappa shape index (κ3) is 30.3. The standard InChI is InChI=1S/C49H96NO11P/c1-3-5-7-9-11-13-15-17-19-21-23-25-27-29-31-33-35-37-39-43(52)50-41(40-60-62(58,59)61-49-47(56)45(54)44(53)46(55)48(49)57)42(51)38-36-34-32-30-28-26-24-22-20-18-16-14-12-10-8-6-4-2/h36,38,41-42,44-49,51,53-57H,3-35,37,39-40H2,1-2H3,(H,50,52)(H,58,59)/b38-36+/t41-,42+,44?,45+,46?,47?,48?,49?/m0/s1. The van der Waals surface area contributed by atoms with Crippen molar-refractivity contribution in [1.82, 2.24) is 5.32 Å². The Labute approximate surface area is 378 Å². The van der Waals surface area contributed by atoms with Crippen molar-refractivity contribution in [3.63, 3.8) is 0 Å². The molecule has 12 nitrogen and oxygen atoms in total. The van der Waals surface area contributed by atoms with Gasteiger partial charge in [-0.05, 0) is 19.3 Å². The van der Waals surface area contributed by atoms with E-state index in [9.17, 15) is 44.9 Å². The first-order valence-corrected chi connectivity index (χ1v) is 27.1. The molecule has 0 aromatic carbocycles. The second kappa shape index (κ2) is 39.3. The highest BCUT2D eigenvalue weighted by Gasteiger charge is 2.51. The zero-order chi connectivity index (χ0) is 45.7. The maximum atomic E-state index is 13.0. The molecule has 1 aliphatic carbocycles. The largest absolute Gasteiger partial charge is 0.472 e. The fraction of sp³-hybridized carbons (Fsp3) is 0.939. The fourth-order valence-electron chi connectivity index (χ4n) is 8.38. The van der Waals surface area contributed by atoms with Crippen LogP contribution >= 0.6 is 7.82 Å². The van der Waals surface area contributed by atoms with Crippen molar-refractivity contribution < 1.29 is 53.9 Å². The number of allylic oxidation sites excluding steroid dienone is 1. The molecule has 0 radical (unpaired) electrons. The zero-order valence-corrected chi connectivity index (χ0v) is 40.3. The minimum Gasteiger partial charge on any atom is -0.387 e. The predicted molar refractivity (Wildman–Crippen MR) is 251 cm³/mol. The molecule has 368 valence electrons. The summed E-state index contributed by atoms with van der Waals surface area (Å²) in [6, 6.07) is -1.11. The van der Waals surface area contributed by atoms with E-state index < -0.39 is 63.2 Å². The number of aliphatic hydroxyl groups is 6. The van der Waals surface area contributed by atoms with Crippen LogP contribution in [0.1, 0.15) is 239 Å². The molecule has 1 amide bonds. The second-order valence-corrected chi connectivity index (χ2v) is 19.8. The van der Waals surface area contributed by atoms with E-state index in [0.717, 1.165) is 44.9 Å². The summed E-state index contributed by atoms with van der Waals surface area (Å²) in [6.07, 6.45) is 32.7.